The third kappa shape index (κ3) is 7.41. The lowest BCUT2D eigenvalue weighted by atomic mass is 10.2. The number of carbonyl (C=O) groups is 1. The van der Waals surface area contributed by atoms with Gasteiger partial charge in [-0.15, -0.1) is 0 Å². The number of allylic oxidation sites excluding steroid dienone is 1. The third-order valence-electron chi connectivity index (χ3n) is 2.41. The Morgan fingerprint density at radius 3 is 2.64 bits per heavy atom. The SMILES string of the molecule is CNc1cccc(Cl)c1COC(=N)/C=C(/C)C=N.NNC=O. The molecule has 8 heteroatoms. The smallest absolute Gasteiger partial charge is 0.221 e. The van der Waals surface area contributed by atoms with Gasteiger partial charge in [0, 0.05) is 35.6 Å². The Morgan fingerprint density at radius 1 is 1.50 bits per heavy atom. The van der Waals surface area contributed by atoms with Crippen molar-refractivity contribution in [2.75, 3.05) is 12.4 Å². The summed E-state index contributed by atoms with van der Waals surface area (Å²) >= 11 is 6.08. The molecule has 0 unspecified atom stereocenters. The quantitative estimate of drug-likeness (QED) is 0.137. The van der Waals surface area contributed by atoms with Crippen molar-refractivity contribution in [3.63, 3.8) is 0 Å². The number of hydrogen-bond acceptors (Lipinski definition) is 6. The number of ether oxygens (including phenoxy) is 1. The summed E-state index contributed by atoms with van der Waals surface area (Å²) in [5, 5.41) is 18.2. The van der Waals surface area contributed by atoms with Crippen molar-refractivity contribution in [2.45, 2.75) is 13.5 Å². The van der Waals surface area contributed by atoms with E-state index in [9.17, 15) is 0 Å². The number of nitrogens with one attached hydrogen (secondary N) is 4. The highest BCUT2D eigenvalue weighted by Crippen LogP contribution is 2.24. The number of anilines is 1. The van der Waals surface area contributed by atoms with Crippen molar-refractivity contribution in [2.24, 2.45) is 5.84 Å². The first kappa shape index (κ1) is 19.6. The molecule has 0 aliphatic heterocycles. The van der Waals surface area contributed by atoms with E-state index in [0.29, 0.717) is 17.0 Å². The predicted octanol–water partition coefficient (Wildman–Crippen LogP) is 2.08. The summed E-state index contributed by atoms with van der Waals surface area (Å²) in [6.07, 6.45) is 3.06. The number of nitrogens with two attached hydrogens (primary N) is 1. The predicted molar refractivity (Wildman–Crippen MR) is 89.4 cm³/mol. The van der Waals surface area contributed by atoms with E-state index < -0.39 is 0 Å². The molecule has 0 atom stereocenters. The van der Waals surface area contributed by atoms with Gasteiger partial charge in [0.05, 0.1) is 0 Å². The van der Waals surface area contributed by atoms with Crippen LogP contribution >= 0.6 is 11.6 Å². The number of benzene rings is 1. The molecular formula is C14H20ClN5O2. The van der Waals surface area contributed by atoms with Crippen molar-refractivity contribution >= 4 is 35.8 Å². The normalized spacial score (nSPS) is 9.91. The molecule has 120 valence electrons. The monoisotopic (exact) mass is 325 g/mol. The number of hydrazine groups is 1. The summed E-state index contributed by atoms with van der Waals surface area (Å²) in [6, 6.07) is 5.53. The molecule has 0 aromatic heterocycles. The van der Waals surface area contributed by atoms with E-state index in [2.05, 4.69) is 11.2 Å². The molecule has 0 saturated carbocycles. The molecular weight excluding hydrogens is 306 g/mol. The Kier molecular flexibility index (Phi) is 10.1. The van der Waals surface area contributed by atoms with Gasteiger partial charge in [-0.05, 0) is 24.6 Å². The molecule has 0 bridgehead atoms. The summed E-state index contributed by atoms with van der Waals surface area (Å²) in [5.41, 5.74) is 4.10. The van der Waals surface area contributed by atoms with Gasteiger partial charge < -0.3 is 15.5 Å². The molecule has 0 aliphatic rings. The minimum Gasteiger partial charge on any atom is -0.473 e. The number of carbonyl (C=O) groups excluding carboxylic acids is 1. The second kappa shape index (κ2) is 11.3. The van der Waals surface area contributed by atoms with E-state index in [4.69, 9.17) is 32.0 Å². The largest absolute Gasteiger partial charge is 0.473 e. The molecule has 1 amide bonds. The summed E-state index contributed by atoms with van der Waals surface area (Å²) < 4.78 is 5.30. The summed E-state index contributed by atoms with van der Waals surface area (Å²) in [4.78, 5) is 8.94. The van der Waals surface area contributed by atoms with Gasteiger partial charge in [0.2, 0.25) is 12.3 Å². The van der Waals surface area contributed by atoms with E-state index >= 15 is 0 Å². The molecule has 0 heterocycles. The molecule has 6 N–H and O–H groups in total. The van der Waals surface area contributed by atoms with E-state index in [-0.39, 0.29) is 12.5 Å². The molecule has 22 heavy (non-hydrogen) atoms. The van der Waals surface area contributed by atoms with Crippen LogP contribution in [0.1, 0.15) is 12.5 Å². The molecule has 1 aromatic rings. The van der Waals surface area contributed by atoms with E-state index in [1.165, 1.54) is 12.3 Å². The first-order valence-corrected chi connectivity index (χ1v) is 6.63. The Morgan fingerprint density at radius 2 is 2.14 bits per heavy atom. The van der Waals surface area contributed by atoms with Crippen LogP contribution in [-0.2, 0) is 16.1 Å². The lowest BCUT2D eigenvalue weighted by Crippen LogP contribution is -2.18. The van der Waals surface area contributed by atoms with Crippen molar-refractivity contribution < 1.29 is 9.53 Å². The van der Waals surface area contributed by atoms with E-state index in [1.54, 1.807) is 25.5 Å². The minimum absolute atomic E-state index is 0.0120. The van der Waals surface area contributed by atoms with Crippen LogP contribution in [0.3, 0.4) is 0 Å². The minimum atomic E-state index is 0.0120. The van der Waals surface area contributed by atoms with Crippen LogP contribution in [0.15, 0.2) is 29.8 Å². The lowest BCUT2D eigenvalue weighted by molar-refractivity contribution is -0.109. The van der Waals surface area contributed by atoms with Gasteiger partial charge in [-0.2, -0.15) is 0 Å². The molecule has 0 saturated heterocycles. The average molecular weight is 326 g/mol. The van der Waals surface area contributed by atoms with Crippen molar-refractivity contribution in [3.05, 3.63) is 40.4 Å². The maximum atomic E-state index is 8.94. The van der Waals surface area contributed by atoms with E-state index in [0.717, 1.165) is 11.3 Å². The lowest BCUT2D eigenvalue weighted by Gasteiger charge is -2.11. The molecule has 0 aliphatic carbocycles. The molecule has 0 fully saturated rings. The van der Waals surface area contributed by atoms with Crippen LogP contribution < -0.4 is 16.6 Å². The van der Waals surface area contributed by atoms with Gasteiger partial charge in [-0.25, -0.2) is 5.84 Å². The number of halogens is 1. The van der Waals surface area contributed by atoms with Crippen molar-refractivity contribution in [3.8, 4) is 0 Å². The second-order valence-electron chi connectivity index (χ2n) is 3.99. The van der Waals surface area contributed by atoms with Gasteiger partial charge >= 0.3 is 0 Å². The Labute approximate surface area is 134 Å². The number of hydrogen-bond donors (Lipinski definition) is 5. The average Bonchev–Trinajstić information content (AvgIpc) is 2.53. The maximum Gasteiger partial charge on any atom is 0.221 e. The van der Waals surface area contributed by atoms with Crippen LogP contribution in [-0.4, -0.2) is 25.6 Å². The number of amides is 1. The zero-order chi connectivity index (χ0) is 17.0. The highest BCUT2D eigenvalue weighted by molar-refractivity contribution is 6.31. The fourth-order valence-corrected chi connectivity index (χ4v) is 1.61. The highest BCUT2D eigenvalue weighted by atomic mass is 35.5. The topological polar surface area (TPSA) is 124 Å². The first-order valence-electron chi connectivity index (χ1n) is 6.25. The molecule has 1 rings (SSSR count). The molecule has 0 radical (unpaired) electrons. The molecule has 0 spiro atoms. The molecule has 7 nitrogen and oxygen atoms in total. The first-order chi connectivity index (χ1) is 10.5. The van der Waals surface area contributed by atoms with Gasteiger partial charge in [-0.1, -0.05) is 17.7 Å². The fourth-order valence-electron chi connectivity index (χ4n) is 1.38. The standard InChI is InChI=1S/C13H16ClN3O.CH4N2O/c1-9(7-15)6-13(16)18-8-10-11(14)4-3-5-12(10)17-2;2-3-1-4/h3-7,15-17H,8H2,1-2H3;1H,2H2,(H,3,4)/b9-6-,15-7?,16-13?;. The Bertz CT molecular complexity index is 546. The van der Waals surface area contributed by atoms with Gasteiger partial charge in [0.25, 0.3) is 0 Å². The Balaban J connectivity index is 0.000000980. The fraction of sp³-hybridized carbons (Fsp3) is 0.214. The maximum absolute atomic E-state index is 8.94. The second-order valence-corrected chi connectivity index (χ2v) is 4.39. The summed E-state index contributed by atoms with van der Waals surface area (Å²) in [5.74, 6) is 4.42. The van der Waals surface area contributed by atoms with Gasteiger partial charge in [-0.3, -0.25) is 15.6 Å². The zero-order valence-corrected chi connectivity index (χ0v) is 13.2. The van der Waals surface area contributed by atoms with Crippen LogP contribution in [0, 0.1) is 10.8 Å². The van der Waals surface area contributed by atoms with Gasteiger partial charge in [0.1, 0.15) is 6.61 Å². The Hall–Kier alpha value is -2.38. The van der Waals surface area contributed by atoms with Gasteiger partial charge in [0.15, 0.2) is 0 Å². The van der Waals surface area contributed by atoms with Crippen molar-refractivity contribution in [1.29, 1.82) is 10.8 Å². The zero-order valence-electron chi connectivity index (χ0n) is 12.4. The van der Waals surface area contributed by atoms with Crippen LogP contribution in [0.2, 0.25) is 5.02 Å². The van der Waals surface area contributed by atoms with Crippen LogP contribution in [0.25, 0.3) is 0 Å². The highest BCUT2D eigenvalue weighted by Gasteiger charge is 2.07. The van der Waals surface area contributed by atoms with Crippen LogP contribution in [0.4, 0.5) is 5.69 Å². The van der Waals surface area contributed by atoms with E-state index in [1.807, 2.05) is 12.1 Å². The molecule has 1 aromatic carbocycles. The third-order valence-corrected chi connectivity index (χ3v) is 2.77. The summed E-state index contributed by atoms with van der Waals surface area (Å²) in [7, 11) is 1.81. The summed E-state index contributed by atoms with van der Waals surface area (Å²) in [6.45, 7) is 1.95. The van der Waals surface area contributed by atoms with Crippen LogP contribution in [0.5, 0.6) is 0 Å². The van der Waals surface area contributed by atoms with Crippen molar-refractivity contribution in [1.82, 2.24) is 5.43 Å². The number of rotatable bonds is 6.